The summed E-state index contributed by atoms with van der Waals surface area (Å²) in [4.78, 5) is 27.5. The van der Waals surface area contributed by atoms with E-state index in [0.29, 0.717) is 42.1 Å². The summed E-state index contributed by atoms with van der Waals surface area (Å²) < 4.78 is 6.94. The molecule has 0 spiro atoms. The van der Waals surface area contributed by atoms with Crippen LogP contribution in [0.5, 0.6) is 5.75 Å². The molecule has 0 saturated heterocycles. The van der Waals surface area contributed by atoms with Gasteiger partial charge >= 0.3 is 5.97 Å². The van der Waals surface area contributed by atoms with Crippen molar-refractivity contribution in [1.29, 1.82) is 0 Å². The molecule has 0 saturated carbocycles. The fourth-order valence-corrected chi connectivity index (χ4v) is 3.35. The topological polar surface area (TPSA) is 96.7 Å². The lowest BCUT2D eigenvalue weighted by Crippen LogP contribution is -2.21. The zero-order chi connectivity index (χ0) is 21.8. The number of fused-ring (bicyclic) bond motifs is 1. The first-order valence-corrected chi connectivity index (χ1v) is 9.83. The van der Waals surface area contributed by atoms with Crippen molar-refractivity contribution in [3.05, 3.63) is 100 Å². The number of carboxylic acid groups (broad SMARTS) is 1. The van der Waals surface area contributed by atoms with Gasteiger partial charge in [0, 0.05) is 11.6 Å². The van der Waals surface area contributed by atoms with Crippen LogP contribution in [0.3, 0.4) is 0 Å². The molecule has 31 heavy (non-hydrogen) atoms. The van der Waals surface area contributed by atoms with Gasteiger partial charge in [-0.2, -0.15) is 9.61 Å². The summed E-state index contributed by atoms with van der Waals surface area (Å²) in [6, 6.07) is 18.7. The van der Waals surface area contributed by atoms with Crippen molar-refractivity contribution in [2.75, 3.05) is 0 Å². The molecular formula is C24H21N3O4. The Balaban J connectivity index is 1.69. The number of nitrogens with one attached hydrogen (secondary N) is 1. The van der Waals surface area contributed by atoms with Gasteiger partial charge in [-0.15, -0.1) is 6.58 Å². The smallest absolute Gasteiger partial charge is 0.356 e. The SMILES string of the molecule is C=CCCc1c(-c2ccc(OCc3ccccc3)cc2)[nH]c2cc(C(=O)O)nn2c1=O. The van der Waals surface area contributed by atoms with Gasteiger partial charge in [-0.25, -0.2) is 4.79 Å². The number of allylic oxidation sites excluding steroid dienone is 1. The fraction of sp³-hybridized carbons (Fsp3) is 0.125. The molecule has 2 aromatic carbocycles. The minimum absolute atomic E-state index is 0.190. The summed E-state index contributed by atoms with van der Waals surface area (Å²) >= 11 is 0. The largest absolute Gasteiger partial charge is 0.489 e. The molecule has 156 valence electrons. The molecule has 0 amide bonds. The number of aromatic amines is 1. The number of aromatic carboxylic acids is 1. The highest BCUT2D eigenvalue weighted by molar-refractivity contribution is 5.86. The molecule has 4 aromatic rings. The van der Waals surface area contributed by atoms with E-state index in [1.807, 2.05) is 54.6 Å². The monoisotopic (exact) mass is 415 g/mol. The van der Waals surface area contributed by atoms with Crippen molar-refractivity contribution >= 4 is 11.6 Å². The van der Waals surface area contributed by atoms with Gasteiger partial charge in [0.05, 0.1) is 5.69 Å². The maximum absolute atomic E-state index is 13.0. The summed E-state index contributed by atoms with van der Waals surface area (Å²) in [6.45, 7) is 4.19. The van der Waals surface area contributed by atoms with Crippen molar-refractivity contribution in [2.24, 2.45) is 0 Å². The van der Waals surface area contributed by atoms with Gasteiger partial charge in [-0.05, 0) is 48.2 Å². The highest BCUT2D eigenvalue weighted by Gasteiger charge is 2.17. The molecule has 4 rings (SSSR count). The van der Waals surface area contributed by atoms with E-state index in [0.717, 1.165) is 15.6 Å². The first-order valence-electron chi connectivity index (χ1n) is 9.83. The van der Waals surface area contributed by atoms with Crippen molar-refractivity contribution in [1.82, 2.24) is 14.6 Å². The molecule has 0 aliphatic carbocycles. The average Bonchev–Trinajstić information content (AvgIpc) is 3.23. The number of rotatable bonds is 8. The maximum Gasteiger partial charge on any atom is 0.356 e. The van der Waals surface area contributed by atoms with E-state index in [1.165, 1.54) is 6.07 Å². The van der Waals surface area contributed by atoms with E-state index >= 15 is 0 Å². The van der Waals surface area contributed by atoms with Crippen molar-refractivity contribution in [2.45, 2.75) is 19.4 Å². The van der Waals surface area contributed by atoms with Crippen LogP contribution < -0.4 is 10.3 Å². The Morgan fingerprint density at radius 1 is 1.16 bits per heavy atom. The van der Waals surface area contributed by atoms with Crippen LogP contribution in [-0.4, -0.2) is 25.7 Å². The number of nitrogens with zero attached hydrogens (tertiary/aromatic N) is 2. The third kappa shape index (κ3) is 4.25. The molecule has 0 fully saturated rings. The minimum atomic E-state index is -1.19. The van der Waals surface area contributed by atoms with Gasteiger partial charge in [0.15, 0.2) is 5.69 Å². The lowest BCUT2D eigenvalue weighted by molar-refractivity contribution is 0.0690. The summed E-state index contributed by atoms with van der Waals surface area (Å²) in [5, 5.41) is 13.1. The van der Waals surface area contributed by atoms with Crippen molar-refractivity contribution in [3.63, 3.8) is 0 Å². The number of ether oxygens (including phenoxy) is 1. The number of hydrogen-bond acceptors (Lipinski definition) is 4. The molecule has 0 aliphatic heterocycles. The van der Waals surface area contributed by atoms with Crippen LogP contribution in [0.25, 0.3) is 16.9 Å². The lowest BCUT2D eigenvalue weighted by atomic mass is 10.0. The van der Waals surface area contributed by atoms with E-state index in [1.54, 1.807) is 6.08 Å². The third-order valence-corrected chi connectivity index (χ3v) is 4.92. The van der Waals surface area contributed by atoms with Crippen LogP contribution in [0.4, 0.5) is 0 Å². The Hall–Kier alpha value is -4.13. The minimum Gasteiger partial charge on any atom is -0.489 e. The van der Waals surface area contributed by atoms with Crippen LogP contribution >= 0.6 is 0 Å². The zero-order valence-electron chi connectivity index (χ0n) is 16.7. The molecule has 7 heteroatoms. The molecule has 7 nitrogen and oxygen atoms in total. The normalized spacial score (nSPS) is 10.8. The van der Waals surface area contributed by atoms with Crippen LogP contribution in [0.1, 0.15) is 28.0 Å². The highest BCUT2D eigenvalue weighted by Crippen LogP contribution is 2.25. The fourth-order valence-electron chi connectivity index (χ4n) is 3.35. The summed E-state index contributed by atoms with van der Waals surface area (Å²) in [7, 11) is 0. The molecular weight excluding hydrogens is 394 g/mol. The molecule has 0 radical (unpaired) electrons. The predicted octanol–water partition coefficient (Wildman–Crippen LogP) is 4.09. The average molecular weight is 415 g/mol. The van der Waals surface area contributed by atoms with Gasteiger partial charge in [0.1, 0.15) is 18.0 Å². The van der Waals surface area contributed by atoms with E-state index in [-0.39, 0.29) is 11.3 Å². The van der Waals surface area contributed by atoms with Crippen LogP contribution in [0, 0.1) is 0 Å². The number of benzene rings is 2. The van der Waals surface area contributed by atoms with E-state index in [4.69, 9.17) is 4.74 Å². The van der Waals surface area contributed by atoms with Gasteiger partial charge in [-0.1, -0.05) is 36.4 Å². The van der Waals surface area contributed by atoms with Gasteiger partial charge in [-0.3, -0.25) is 4.79 Å². The number of carbonyl (C=O) groups is 1. The zero-order valence-corrected chi connectivity index (χ0v) is 16.7. The molecule has 0 atom stereocenters. The predicted molar refractivity (Wildman–Crippen MR) is 118 cm³/mol. The molecule has 0 unspecified atom stereocenters. The van der Waals surface area contributed by atoms with E-state index in [2.05, 4.69) is 16.7 Å². The van der Waals surface area contributed by atoms with Crippen LogP contribution in [-0.2, 0) is 13.0 Å². The van der Waals surface area contributed by atoms with Crippen molar-refractivity contribution < 1.29 is 14.6 Å². The Morgan fingerprint density at radius 2 is 1.90 bits per heavy atom. The quantitative estimate of drug-likeness (QED) is 0.423. The first kappa shape index (κ1) is 20.2. The maximum atomic E-state index is 13.0. The summed E-state index contributed by atoms with van der Waals surface area (Å²) in [6.07, 6.45) is 2.80. The standard InChI is InChI=1S/C24H21N3O4/c1-2-3-9-19-22(25-21-14-20(24(29)30)26-27(21)23(19)28)17-10-12-18(13-11-17)31-15-16-7-5-4-6-8-16/h2,4-8,10-14,25H,1,3,9,15H2,(H,29,30). The Kier molecular flexibility index (Phi) is 5.66. The van der Waals surface area contributed by atoms with Crippen molar-refractivity contribution in [3.8, 4) is 17.0 Å². The Bertz CT molecular complexity index is 1290. The second kappa shape index (κ2) is 8.71. The number of hydrogen-bond donors (Lipinski definition) is 2. The number of H-pyrrole nitrogens is 1. The lowest BCUT2D eigenvalue weighted by Gasteiger charge is -2.11. The van der Waals surface area contributed by atoms with Crippen LogP contribution in [0.15, 0.2) is 78.1 Å². The van der Waals surface area contributed by atoms with Gasteiger partial charge in [0.25, 0.3) is 5.56 Å². The molecule has 0 bridgehead atoms. The number of carboxylic acids is 1. The third-order valence-electron chi connectivity index (χ3n) is 4.92. The van der Waals surface area contributed by atoms with Gasteiger partial charge in [0.2, 0.25) is 0 Å². The Labute approximate surface area is 178 Å². The Morgan fingerprint density at radius 3 is 2.58 bits per heavy atom. The second-order valence-corrected chi connectivity index (χ2v) is 7.04. The van der Waals surface area contributed by atoms with E-state index in [9.17, 15) is 14.7 Å². The molecule has 2 N–H and O–H groups in total. The molecule has 0 aliphatic rings. The van der Waals surface area contributed by atoms with E-state index < -0.39 is 5.97 Å². The second-order valence-electron chi connectivity index (χ2n) is 7.04. The summed E-state index contributed by atoms with van der Waals surface area (Å²) in [5.41, 5.74) is 2.81. The summed E-state index contributed by atoms with van der Waals surface area (Å²) in [5.74, 6) is -0.480. The molecule has 2 heterocycles. The first-order chi connectivity index (χ1) is 15.1. The number of aromatic nitrogens is 3. The van der Waals surface area contributed by atoms with Crippen LogP contribution in [0.2, 0.25) is 0 Å². The highest BCUT2D eigenvalue weighted by atomic mass is 16.5. The van der Waals surface area contributed by atoms with Gasteiger partial charge < -0.3 is 14.8 Å². The molecule has 2 aromatic heterocycles.